The molecule has 0 unspecified atom stereocenters. The van der Waals surface area contributed by atoms with Crippen LogP contribution in [0.5, 0.6) is 0 Å². The van der Waals surface area contributed by atoms with Gasteiger partial charge < -0.3 is 0 Å². The summed E-state index contributed by atoms with van der Waals surface area (Å²) in [5.74, 6) is 1.76. The minimum absolute atomic E-state index is 0.575. The maximum atomic E-state index is 5.29. The first-order chi connectivity index (χ1) is 25.3. The van der Waals surface area contributed by atoms with Crippen LogP contribution in [0.15, 0.2) is 164 Å². The largest absolute Gasteiger partial charge is 0.278 e. The molecular formula is C45H27N5S. The Hall–Kier alpha value is -6.63. The molecular weight excluding hydrogens is 643 g/mol. The van der Waals surface area contributed by atoms with Gasteiger partial charge in [-0.1, -0.05) is 115 Å². The van der Waals surface area contributed by atoms with Crippen molar-refractivity contribution < 1.29 is 0 Å². The van der Waals surface area contributed by atoms with Crippen LogP contribution in [0.1, 0.15) is 0 Å². The first-order valence-electron chi connectivity index (χ1n) is 17.0. The number of rotatable bonds is 4. The Balaban J connectivity index is 1.17. The lowest BCUT2D eigenvalue weighted by atomic mass is 10.0. The Morgan fingerprint density at radius 3 is 1.35 bits per heavy atom. The van der Waals surface area contributed by atoms with Crippen LogP contribution >= 0.6 is 11.3 Å². The SMILES string of the molecule is c1cc(-c2ccc3sc4ccccc4c3c2)cc(-c2nc(-n3c4ccccc4c4ccccc43)nc(-n3c4ccccc4c4ccccc43)n2)c1. The van der Waals surface area contributed by atoms with Gasteiger partial charge in [0.2, 0.25) is 11.9 Å². The van der Waals surface area contributed by atoms with Gasteiger partial charge in [0.05, 0.1) is 22.1 Å². The molecule has 0 aliphatic heterocycles. The summed E-state index contributed by atoms with van der Waals surface area (Å²) in [4.78, 5) is 15.8. The summed E-state index contributed by atoms with van der Waals surface area (Å²) in [6.07, 6.45) is 0. The Morgan fingerprint density at radius 1 is 0.333 bits per heavy atom. The molecule has 238 valence electrons. The molecule has 4 aromatic heterocycles. The molecule has 0 bridgehead atoms. The molecule has 11 aromatic rings. The number of para-hydroxylation sites is 4. The zero-order valence-corrected chi connectivity index (χ0v) is 28.0. The van der Waals surface area contributed by atoms with Gasteiger partial charge in [-0.25, -0.2) is 0 Å². The van der Waals surface area contributed by atoms with E-state index in [2.05, 4.69) is 173 Å². The number of hydrogen-bond acceptors (Lipinski definition) is 4. The molecule has 0 radical (unpaired) electrons. The fourth-order valence-electron chi connectivity index (χ4n) is 7.70. The van der Waals surface area contributed by atoms with Gasteiger partial charge in [0.25, 0.3) is 0 Å². The molecule has 0 spiro atoms. The summed E-state index contributed by atoms with van der Waals surface area (Å²) < 4.78 is 6.94. The Morgan fingerprint density at radius 2 is 0.784 bits per heavy atom. The number of aromatic nitrogens is 5. The molecule has 5 nitrogen and oxygen atoms in total. The van der Waals surface area contributed by atoms with Crippen LogP contribution in [-0.4, -0.2) is 24.1 Å². The van der Waals surface area contributed by atoms with Crippen molar-refractivity contribution in [3.05, 3.63) is 164 Å². The van der Waals surface area contributed by atoms with Gasteiger partial charge in [-0.05, 0) is 59.7 Å². The highest BCUT2D eigenvalue weighted by Crippen LogP contribution is 2.38. The van der Waals surface area contributed by atoms with Crippen LogP contribution in [0, 0.1) is 0 Å². The molecule has 0 saturated carbocycles. The zero-order valence-electron chi connectivity index (χ0n) is 27.2. The molecule has 0 atom stereocenters. The lowest BCUT2D eigenvalue weighted by molar-refractivity contribution is 0.893. The summed E-state index contributed by atoms with van der Waals surface area (Å²) in [6.45, 7) is 0. The highest BCUT2D eigenvalue weighted by atomic mass is 32.1. The molecule has 0 saturated heterocycles. The molecule has 0 amide bonds. The molecule has 4 heterocycles. The zero-order chi connectivity index (χ0) is 33.5. The maximum absolute atomic E-state index is 5.29. The van der Waals surface area contributed by atoms with Crippen molar-refractivity contribution in [2.75, 3.05) is 0 Å². The van der Waals surface area contributed by atoms with Crippen LogP contribution in [0.2, 0.25) is 0 Å². The molecule has 0 aliphatic carbocycles. The summed E-state index contributed by atoms with van der Waals surface area (Å²) in [7, 11) is 0. The first kappa shape index (κ1) is 28.2. The lowest BCUT2D eigenvalue weighted by Gasteiger charge is -2.13. The van der Waals surface area contributed by atoms with Crippen molar-refractivity contribution in [2.24, 2.45) is 0 Å². The Bertz CT molecular complexity index is 2930. The van der Waals surface area contributed by atoms with E-state index in [-0.39, 0.29) is 0 Å². The topological polar surface area (TPSA) is 48.5 Å². The van der Waals surface area contributed by atoms with E-state index in [1.807, 2.05) is 11.3 Å². The summed E-state index contributed by atoms with van der Waals surface area (Å²) in [6, 6.07) is 57.9. The highest BCUT2D eigenvalue weighted by molar-refractivity contribution is 7.25. The molecule has 11 rings (SSSR count). The van der Waals surface area contributed by atoms with Crippen molar-refractivity contribution in [2.45, 2.75) is 0 Å². The second-order valence-electron chi connectivity index (χ2n) is 12.9. The van der Waals surface area contributed by atoms with Gasteiger partial charge in [0.15, 0.2) is 5.82 Å². The number of benzene rings is 7. The van der Waals surface area contributed by atoms with Gasteiger partial charge in [0, 0.05) is 47.3 Å². The van der Waals surface area contributed by atoms with E-state index in [0.29, 0.717) is 17.7 Å². The average Bonchev–Trinajstić information content (AvgIpc) is 3.85. The molecule has 0 N–H and O–H groups in total. The third-order valence-electron chi connectivity index (χ3n) is 10.0. The average molecular weight is 670 g/mol. The molecule has 51 heavy (non-hydrogen) atoms. The van der Waals surface area contributed by atoms with Crippen molar-refractivity contribution in [1.29, 1.82) is 0 Å². The van der Waals surface area contributed by atoms with E-state index < -0.39 is 0 Å². The number of fused-ring (bicyclic) bond motifs is 9. The van der Waals surface area contributed by atoms with Crippen molar-refractivity contribution in [3.63, 3.8) is 0 Å². The van der Waals surface area contributed by atoms with Gasteiger partial charge in [-0.15, -0.1) is 11.3 Å². The van der Waals surface area contributed by atoms with E-state index in [9.17, 15) is 0 Å². The van der Waals surface area contributed by atoms with Gasteiger partial charge >= 0.3 is 0 Å². The Kier molecular flexibility index (Phi) is 6.05. The smallest absolute Gasteiger partial charge is 0.240 e. The third-order valence-corrected chi connectivity index (χ3v) is 11.2. The summed E-state index contributed by atoms with van der Waals surface area (Å²) in [5.41, 5.74) is 7.40. The van der Waals surface area contributed by atoms with Crippen molar-refractivity contribution in [1.82, 2.24) is 24.1 Å². The van der Waals surface area contributed by atoms with Gasteiger partial charge in [-0.2, -0.15) is 15.0 Å². The number of hydrogen-bond donors (Lipinski definition) is 0. The maximum Gasteiger partial charge on any atom is 0.240 e. The van der Waals surface area contributed by atoms with E-state index in [0.717, 1.165) is 60.3 Å². The normalized spacial score (nSPS) is 11.9. The van der Waals surface area contributed by atoms with Gasteiger partial charge in [-0.3, -0.25) is 9.13 Å². The van der Waals surface area contributed by atoms with E-state index >= 15 is 0 Å². The monoisotopic (exact) mass is 669 g/mol. The molecule has 7 aromatic carbocycles. The fourth-order valence-corrected chi connectivity index (χ4v) is 8.79. The predicted octanol–water partition coefficient (Wildman–Crippen LogP) is 11.8. The number of nitrogens with zero attached hydrogens (tertiary/aromatic N) is 5. The van der Waals surface area contributed by atoms with Crippen LogP contribution < -0.4 is 0 Å². The number of thiophene rings is 1. The minimum Gasteiger partial charge on any atom is -0.278 e. The third kappa shape index (κ3) is 4.30. The lowest BCUT2D eigenvalue weighted by Crippen LogP contribution is -2.10. The molecule has 0 fully saturated rings. The minimum atomic E-state index is 0.575. The van der Waals surface area contributed by atoms with E-state index in [4.69, 9.17) is 15.0 Å². The molecule has 6 heteroatoms. The summed E-state index contributed by atoms with van der Waals surface area (Å²) >= 11 is 1.84. The van der Waals surface area contributed by atoms with Crippen LogP contribution in [-0.2, 0) is 0 Å². The van der Waals surface area contributed by atoms with Crippen molar-refractivity contribution in [3.8, 4) is 34.4 Å². The highest BCUT2D eigenvalue weighted by Gasteiger charge is 2.20. The second kappa shape index (κ2) is 10.9. The van der Waals surface area contributed by atoms with E-state index in [1.54, 1.807) is 0 Å². The molecule has 0 aliphatic rings. The quantitative estimate of drug-likeness (QED) is 0.187. The second-order valence-corrected chi connectivity index (χ2v) is 14.0. The summed E-state index contributed by atoms with van der Waals surface area (Å²) in [5, 5.41) is 7.21. The van der Waals surface area contributed by atoms with Crippen LogP contribution in [0.25, 0.3) is 98.2 Å². The van der Waals surface area contributed by atoms with Crippen molar-refractivity contribution >= 4 is 75.1 Å². The first-order valence-corrected chi connectivity index (χ1v) is 17.9. The van der Waals surface area contributed by atoms with Crippen LogP contribution in [0.3, 0.4) is 0 Å². The standard InChI is InChI=1S/C45H27N5S/c1-6-19-37-31(14-1)32-15-2-7-20-38(32)49(37)44-46-43(47-45(48-44)50-39-21-8-3-16-33(39)34-17-4-9-22-40(34)50)30-13-11-12-28(26-30)29-24-25-42-36(27-29)35-18-5-10-23-41(35)51-42/h1-27H. The predicted molar refractivity (Wildman–Crippen MR) is 212 cm³/mol. The van der Waals surface area contributed by atoms with Gasteiger partial charge in [0.1, 0.15) is 0 Å². The van der Waals surface area contributed by atoms with Crippen LogP contribution in [0.4, 0.5) is 0 Å². The fraction of sp³-hybridized carbons (Fsp3) is 0. The van der Waals surface area contributed by atoms with E-state index in [1.165, 1.54) is 20.2 Å². The Labute approximate surface area is 296 Å².